The molecule has 2 heterocycles. The van der Waals surface area contributed by atoms with Gasteiger partial charge in [-0.15, -0.1) is 0 Å². The molecule has 1 amide bonds. The van der Waals surface area contributed by atoms with E-state index in [1.165, 1.54) is 0 Å². The molecule has 2 aromatic rings. The van der Waals surface area contributed by atoms with Gasteiger partial charge in [0.2, 0.25) is 10.0 Å². The molecule has 1 saturated heterocycles. The molecule has 2 aliphatic heterocycles. The highest BCUT2D eigenvalue weighted by Crippen LogP contribution is 2.27. The fraction of sp³-hybridized carbons (Fsp3) is 0.440. The van der Waals surface area contributed by atoms with Gasteiger partial charge in [-0.25, -0.2) is 8.42 Å². The number of hydrogen-bond acceptors (Lipinski definition) is 5. The lowest BCUT2D eigenvalue weighted by Crippen LogP contribution is -2.33. The van der Waals surface area contributed by atoms with Crippen molar-refractivity contribution in [2.24, 2.45) is 0 Å². The summed E-state index contributed by atoms with van der Waals surface area (Å²) in [5.41, 5.74) is 2.86. The third-order valence-electron chi connectivity index (χ3n) is 6.29. The second-order valence-corrected chi connectivity index (χ2v) is 10.5. The normalized spacial score (nSPS) is 16.8. The summed E-state index contributed by atoms with van der Waals surface area (Å²) in [7, 11) is -3.48. The van der Waals surface area contributed by atoms with Gasteiger partial charge in [0.25, 0.3) is 5.91 Å². The summed E-state index contributed by atoms with van der Waals surface area (Å²) in [6, 6.07) is 14.4. The standard InChI is InChI=1S/C25H30N2O5S/c28-24(27-18-15-21-7-3-4-8-23(21)27)19-32-25(29)14-11-20-9-12-22(13-10-20)33(30,31)26-16-5-1-2-6-17-26/h3-4,7-10,12-13H,1-2,5-6,11,14-19H2. The fourth-order valence-electron chi connectivity index (χ4n) is 4.40. The summed E-state index contributed by atoms with van der Waals surface area (Å²) in [6.07, 6.45) is 5.28. The first-order chi connectivity index (χ1) is 15.9. The number of anilines is 1. The number of carbonyl (C=O) groups excluding carboxylic acids is 2. The third-order valence-corrected chi connectivity index (χ3v) is 8.20. The number of amides is 1. The molecular formula is C25H30N2O5S. The molecule has 0 aliphatic carbocycles. The van der Waals surface area contributed by atoms with Gasteiger partial charge in [0.05, 0.1) is 4.90 Å². The molecule has 4 rings (SSSR count). The van der Waals surface area contributed by atoms with Gasteiger partial charge in [0.1, 0.15) is 0 Å². The molecular weight excluding hydrogens is 440 g/mol. The fourth-order valence-corrected chi connectivity index (χ4v) is 5.91. The van der Waals surface area contributed by atoms with E-state index in [-0.39, 0.29) is 23.8 Å². The lowest BCUT2D eigenvalue weighted by atomic mass is 10.1. The molecule has 33 heavy (non-hydrogen) atoms. The zero-order valence-corrected chi connectivity index (χ0v) is 19.6. The lowest BCUT2D eigenvalue weighted by molar-refractivity contribution is -0.147. The molecule has 0 bridgehead atoms. The van der Waals surface area contributed by atoms with Crippen LogP contribution in [0.2, 0.25) is 0 Å². The van der Waals surface area contributed by atoms with Crippen molar-refractivity contribution >= 4 is 27.6 Å². The summed E-state index contributed by atoms with van der Waals surface area (Å²) in [5, 5.41) is 0. The van der Waals surface area contributed by atoms with Crippen LogP contribution < -0.4 is 4.90 Å². The number of nitrogens with zero attached hydrogens (tertiary/aromatic N) is 2. The number of esters is 1. The molecule has 8 heteroatoms. The van der Waals surface area contributed by atoms with Crippen LogP contribution in [0, 0.1) is 0 Å². The Labute approximate surface area is 195 Å². The third kappa shape index (κ3) is 5.62. The van der Waals surface area contributed by atoms with E-state index in [1.807, 2.05) is 24.3 Å². The number of benzene rings is 2. The zero-order valence-electron chi connectivity index (χ0n) is 18.7. The van der Waals surface area contributed by atoms with E-state index in [9.17, 15) is 18.0 Å². The Hall–Kier alpha value is -2.71. The summed E-state index contributed by atoms with van der Waals surface area (Å²) in [4.78, 5) is 26.6. The predicted molar refractivity (Wildman–Crippen MR) is 125 cm³/mol. The molecule has 1 fully saturated rings. The Morgan fingerprint density at radius 2 is 1.58 bits per heavy atom. The molecule has 176 valence electrons. The Kier molecular flexibility index (Phi) is 7.45. The van der Waals surface area contributed by atoms with Crippen LogP contribution in [0.25, 0.3) is 0 Å². The number of para-hydroxylation sites is 1. The molecule has 0 saturated carbocycles. The molecule has 7 nitrogen and oxygen atoms in total. The second kappa shape index (κ2) is 10.5. The minimum atomic E-state index is -3.48. The van der Waals surface area contributed by atoms with E-state index < -0.39 is 16.0 Å². The van der Waals surface area contributed by atoms with Gasteiger partial charge in [0, 0.05) is 31.7 Å². The van der Waals surface area contributed by atoms with E-state index in [2.05, 4.69) is 0 Å². The van der Waals surface area contributed by atoms with E-state index >= 15 is 0 Å². The summed E-state index contributed by atoms with van der Waals surface area (Å²) >= 11 is 0. The molecule has 0 aromatic heterocycles. The van der Waals surface area contributed by atoms with Crippen molar-refractivity contribution in [3.05, 3.63) is 59.7 Å². The maximum absolute atomic E-state index is 12.9. The number of sulfonamides is 1. The van der Waals surface area contributed by atoms with Gasteiger partial charge in [-0.1, -0.05) is 43.2 Å². The van der Waals surface area contributed by atoms with Crippen molar-refractivity contribution in [1.82, 2.24) is 4.31 Å². The Morgan fingerprint density at radius 3 is 2.30 bits per heavy atom. The molecule has 0 radical (unpaired) electrons. The van der Waals surface area contributed by atoms with Crippen molar-refractivity contribution in [2.45, 2.75) is 49.8 Å². The zero-order chi connectivity index (χ0) is 23.3. The quantitative estimate of drug-likeness (QED) is 0.580. The van der Waals surface area contributed by atoms with E-state index in [1.54, 1.807) is 33.5 Å². The van der Waals surface area contributed by atoms with Crippen molar-refractivity contribution in [3.63, 3.8) is 0 Å². The number of hydrogen-bond donors (Lipinski definition) is 0. The number of carbonyl (C=O) groups is 2. The van der Waals surface area contributed by atoms with Crippen LogP contribution in [-0.4, -0.2) is 50.8 Å². The molecule has 2 aromatic carbocycles. The van der Waals surface area contributed by atoms with Gasteiger partial charge < -0.3 is 9.64 Å². The molecule has 2 aliphatic rings. The van der Waals surface area contributed by atoms with Crippen LogP contribution in [0.5, 0.6) is 0 Å². The van der Waals surface area contributed by atoms with Crippen molar-refractivity contribution < 1.29 is 22.7 Å². The smallest absolute Gasteiger partial charge is 0.306 e. The van der Waals surface area contributed by atoms with Gasteiger partial charge >= 0.3 is 5.97 Å². The maximum Gasteiger partial charge on any atom is 0.306 e. The number of rotatable bonds is 7. The maximum atomic E-state index is 12.9. The monoisotopic (exact) mass is 470 g/mol. The second-order valence-electron chi connectivity index (χ2n) is 8.55. The number of ether oxygens (including phenoxy) is 1. The Bertz CT molecular complexity index is 1090. The highest BCUT2D eigenvalue weighted by atomic mass is 32.2. The Balaban J connectivity index is 1.25. The molecule has 0 unspecified atom stereocenters. The topological polar surface area (TPSA) is 84.0 Å². The van der Waals surface area contributed by atoms with Gasteiger partial charge in [-0.05, 0) is 55.0 Å². The summed E-state index contributed by atoms with van der Waals surface area (Å²) in [6.45, 7) is 1.46. The van der Waals surface area contributed by atoms with Crippen molar-refractivity contribution in [3.8, 4) is 0 Å². The minimum absolute atomic E-state index is 0.127. The van der Waals surface area contributed by atoms with Crippen LogP contribution in [0.3, 0.4) is 0 Å². The SMILES string of the molecule is O=C(CCc1ccc(S(=O)(=O)N2CCCCCC2)cc1)OCC(=O)N1CCc2ccccc21. The van der Waals surface area contributed by atoms with Crippen molar-refractivity contribution in [2.75, 3.05) is 31.1 Å². The van der Waals surface area contributed by atoms with E-state index in [0.29, 0.717) is 26.1 Å². The minimum Gasteiger partial charge on any atom is -0.456 e. The number of fused-ring (bicyclic) bond motifs is 1. The molecule has 0 spiro atoms. The lowest BCUT2D eigenvalue weighted by Gasteiger charge is -2.20. The largest absolute Gasteiger partial charge is 0.456 e. The summed E-state index contributed by atoms with van der Waals surface area (Å²) in [5.74, 6) is -0.673. The summed E-state index contributed by atoms with van der Waals surface area (Å²) < 4.78 is 32.5. The van der Waals surface area contributed by atoms with Gasteiger partial charge in [-0.2, -0.15) is 4.31 Å². The molecule has 0 atom stereocenters. The van der Waals surface area contributed by atoms with E-state index in [4.69, 9.17) is 4.74 Å². The first-order valence-corrected chi connectivity index (χ1v) is 13.0. The van der Waals surface area contributed by atoms with E-state index in [0.717, 1.165) is 48.9 Å². The van der Waals surface area contributed by atoms with Crippen LogP contribution in [0.4, 0.5) is 5.69 Å². The average Bonchev–Trinajstić information content (AvgIpc) is 3.06. The van der Waals surface area contributed by atoms with Crippen LogP contribution >= 0.6 is 0 Å². The van der Waals surface area contributed by atoms with Gasteiger partial charge in [0.15, 0.2) is 6.61 Å². The van der Waals surface area contributed by atoms with Crippen LogP contribution in [0.15, 0.2) is 53.4 Å². The Morgan fingerprint density at radius 1 is 0.879 bits per heavy atom. The molecule has 0 N–H and O–H groups in total. The van der Waals surface area contributed by atoms with Crippen molar-refractivity contribution in [1.29, 1.82) is 0 Å². The van der Waals surface area contributed by atoms with Crippen LogP contribution in [-0.2, 0) is 37.2 Å². The first-order valence-electron chi connectivity index (χ1n) is 11.6. The highest BCUT2D eigenvalue weighted by molar-refractivity contribution is 7.89. The number of aryl methyl sites for hydroxylation is 1. The predicted octanol–water partition coefficient (Wildman–Crippen LogP) is 3.32. The van der Waals surface area contributed by atoms with Crippen LogP contribution in [0.1, 0.15) is 43.2 Å². The highest BCUT2D eigenvalue weighted by Gasteiger charge is 2.26. The average molecular weight is 471 g/mol. The first kappa shape index (κ1) is 23.4. The van der Waals surface area contributed by atoms with Gasteiger partial charge in [-0.3, -0.25) is 9.59 Å².